The number of ether oxygens (including phenoxy) is 2. The number of nitrogens with zero attached hydrogens (tertiary/aromatic N) is 1. The average Bonchev–Trinajstić information content (AvgIpc) is 2.61. The number of guanidine groups is 1. The SMILES string of the molecule is CCNC(=NCC1CCCOC1c1ccc(C)cc1)NCCOC. The van der Waals surface area contributed by atoms with Crippen LogP contribution in [0.4, 0.5) is 0 Å². The molecule has 5 nitrogen and oxygen atoms in total. The van der Waals surface area contributed by atoms with Crippen LogP contribution in [0.1, 0.15) is 37.0 Å². The van der Waals surface area contributed by atoms with Crippen molar-refractivity contribution in [2.75, 3.05) is 40.0 Å². The Morgan fingerprint density at radius 1 is 1.29 bits per heavy atom. The van der Waals surface area contributed by atoms with E-state index in [0.29, 0.717) is 12.5 Å². The van der Waals surface area contributed by atoms with Crippen LogP contribution < -0.4 is 10.6 Å². The number of nitrogens with one attached hydrogen (secondary N) is 2. The minimum atomic E-state index is 0.143. The molecule has 1 saturated heterocycles. The van der Waals surface area contributed by atoms with Crippen LogP contribution in [0.15, 0.2) is 29.3 Å². The van der Waals surface area contributed by atoms with Crippen LogP contribution in [0.2, 0.25) is 0 Å². The van der Waals surface area contributed by atoms with Crippen molar-refractivity contribution in [1.82, 2.24) is 10.6 Å². The van der Waals surface area contributed by atoms with E-state index in [1.807, 2.05) is 0 Å². The molecule has 0 amide bonds. The number of hydrogen-bond acceptors (Lipinski definition) is 3. The smallest absolute Gasteiger partial charge is 0.191 e. The summed E-state index contributed by atoms with van der Waals surface area (Å²) in [6.07, 6.45) is 2.40. The molecule has 1 fully saturated rings. The normalized spacial score (nSPS) is 21.5. The lowest BCUT2D eigenvalue weighted by Gasteiger charge is -2.31. The van der Waals surface area contributed by atoms with E-state index in [1.54, 1.807) is 7.11 Å². The van der Waals surface area contributed by atoms with E-state index in [4.69, 9.17) is 14.5 Å². The van der Waals surface area contributed by atoms with Gasteiger partial charge in [0.2, 0.25) is 0 Å². The Morgan fingerprint density at radius 2 is 2.08 bits per heavy atom. The average molecular weight is 333 g/mol. The van der Waals surface area contributed by atoms with Crippen molar-refractivity contribution >= 4 is 5.96 Å². The summed E-state index contributed by atoms with van der Waals surface area (Å²) in [6.45, 7) is 8.06. The molecule has 1 aliphatic rings. The van der Waals surface area contributed by atoms with Crippen molar-refractivity contribution in [2.45, 2.75) is 32.8 Å². The van der Waals surface area contributed by atoms with Crippen molar-refractivity contribution in [3.8, 4) is 0 Å². The van der Waals surface area contributed by atoms with Gasteiger partial charge in [0.05, 0.1) is 12.7 Å². The largest absolute Gasteiger partial charge is 0.383 e. The molecular formula is C19H31N3O2. The fourth-order valence-electron chi connectivity index (χ4n) is 2.98. The highest BCUT2D eigenvalue weighted by Gasteiger charge is 2.27. The van der Waals surface area contributed by atoms with E-state index in [-0.39, 0.29) is 6.10 Å². The summed E-state index contributed by atoms with van der Waals surface area (Å²) in [5.41, 5.74) is 2.54. The predicted octanol–water partition coefficient (Wildman–Crippen LogP) is 2.66. The summed E-state index contributed by atoms with van der Waals surface area (Å²) in [5, 5.41) is 6.58. The highest BCUT2D eigenvalue weighted by Crippen LogP contribution is 2.33. The molecule has 2 N–H and O–H groups in total. The quantitative estimate of drug-likeness (QED) is 0.458. The molecule has 0 radical (unpaired) electrons. The Hall–Kier alpha value is -1.59. The molecule has 2 unspecified atom stereocenters. The Kier molecular flexibility index (Phi) is 8.05. The first-order valence-electron chi connectivity index (χ1n) is 8.94. The van der Waals surface area contributed by atoms with E-state index in [1.165, 1.54) is 11.1 Å². The van der Waals surface area contributed by atoms with Gasteiger partial charge in [-0.1, -0.05) is 29.8 Å². The van der Waals surface area contributed by atoms with Gasteiger partial charge in [-0.15, -0.1) is 0 Å². The molecule has 0 bridgehead atoms. The first kappa shape index (κ1) is 18.7. The van der Waals surface area contributed by atoms with Gasteiger partial charge in [0, 0.05) is 39.3 Å². The fourth-order valence-corrected chi connectivity index (χ4v) is 2.98. The van der Waals surface area contributed by atoms with Gasteiger partial charge in [-0.2, -0.15) is 0 Å². The van der Waals surface area contributed by atoms with Crippen LogP contribution >= 0.6 is 0 Å². The first-order valence-corrected chi connectivity index (χ1v) is 8.94. The monoisotopic (exact) mass is 333 g/mol. The van der Waals surface area contributed by atoms with Crippen LogP contribution in [0, 0.1) is 12.8 Å². The van der Waals surface area contributed by atoms with Gasteiger partial charge in [0.25, 0.3) is 0 Å². The van der Waals surface area contributed by atoms with Crippen molar-refractivity contribution in [1.29, 1.82) is 0 Å². The second kappa shape index (κ2) is 10.3. The summed E-state index contributed by atoms with van der Waals surface area (Å²) in [5.74, 6) is 1.27. The van der Waals surface area contributed by atoms with Gasteiger partial charge in [-0.3, -0.25) is 4.99 Å². The molecule has 0 aliphatic carbocycles. The first-order chi connectivity index (χ1) is 11.7. The standard InChI is InChI=1S/C19H31N3O2/c1-4-20-19(21-11-13-23-3)22-14-17-6-5-12-24-18(17)16-9-7-15(2)8-10-16/h7-10,17-18H,4-6,11-14H2,1-3H3,(H2,20,21,22). The summed E-state index contributed by atoms with van der Waals surface area (Å²) < 4.78 is 11.2. The molecule has 2 atom stereocenters. The fraction of sp³-hybridized carbons (Fsp3) is 0.632. The highest BCUT2D eigenvalue weighted by atomic mass is 16.5. The summed E-state index contributed by atoms with van der Waals surface area (Å²) in [4.78, 5) is 4.76. The molecule has 1 aromatic rings. The predicted molar refractivity (Wildman–Crippen MR) is 98.5 cm³/mol. The number of rotatable bonds is 7. The maximum Gasteiger partial charge on any atom is 0.191 e. The lowest BCUT2D eigenvalue weighted by Crippen LogP contribution is -2.39. The van der Waals surface area contributed by atoms with Gasteiger partial charge < -0.3 is 20.1 Å². The molecular weight excluding hydrogens is 302 g/mol. The molecule has 1 aromatic carbocycles. The lowest BCUT2D eigenvalue weighted by atomic mass is 9.89. The van der Waals surface area contributed by atoms with Crippen LogP contribution in [0.25, 0.3) is 0 Å². The minimum Gasteiger partial charge on any atom is -0.383 e. The molecule has 5 heteroatoms. The van der Waals surface area contributed by atoms with Crippen LogP contribution in [0.5, 0.6) is 0 Å². The number of methoxy groups -OCH3 is 1. The van der Waals surface area contributed by atoms with E-state index in [0.717, 1.165) is 45.0 Å². The Bertz CT molecular complexity index is 502. The van der Waals surface area contributed by atoms with Crippen molar-refractivity contribution in [3.05, 3.63) is 35.4 Å². The topological polar surface area (TPSA) is 54.9 Å². The van der Waals surface area contributed by atoms with Gasteiger partial charge in [0.1, 0.15) is 0 Å². The zero-order valence-electron chi connectivity index (χ0n) is 15.2. The van der Waals surface area contributed by atoms with Gasteiger partial charge in [-0.25, -0.2) is 0 Å². The third-order valence-corrected chi connectivity index (χ3v) is 4.28. The van der Waals surface area contributed by atoms with Gasteiger partial charge >= 0.3 is 0 Å². The number of hydrogen-bond donors (Lipinski definition) is 2. The van der Waals surface area contributed by atoms with E-state index < -0.39 is 0 Å². The summed E-state index contributed by atoms with van der Waals surface area (Å²) in [6, 6.07) is 8.68. The van der Waals surface area contributed by atoms with Crippen LogP contribution in [-0.2, 0) is 9.47 Å². The second-order valence-corrected chi connectivity index (χ2v) is 6.24. The Morgan fingerprint density at radius 3 is 2.79 bits per heavy atom. The molecule has 134 valence electrons. The number of aliphatic imine (C=N–C) groups is 1. The Labute approximate surface area is 145 Å². The molecule has 1 heterocycles. The van der Waals surface area contributed by atoms with Crippen LogP contribution in [-0.4, -0.2) is 45.9 Å². The maximum atomic E-state index is 6.08. The number of aryl methyl sites for hydroxylation is 1. The maximum absolute atomic E-state index is 6.08. The molecule has 0 saturated carbocycles. The molecule has 2 rings (SSSR count). The van der Waals surface area contributed by atoms with Gasteiger partial charge in [-0.05, 0) is 32.3 Å². The molecule has 1 aliphatic heterocycles. The zero-order valence-corrected chi connectivity index (χ0v) is 15.2. The van der Waals surface area contributed by atoms with Crippen LogP contribution in [0.3, 0.4) is 0 Å². The summed E-state index contributed by atoms with van der Waals surface area (Å²) in [7, 11) is 1.71. The molecule has 24 heavy (non-hydrogen) atoms. The van der Waals surface area contributed by atoms with Crippen molar-refractivity contribution in [2.24, 2.45) is 10.9 Å². The zero-order chi connectivity index (χ0) is 17.2. The van der Waals surface area contributed by atoms with Crippen molar-refractivity contribution < 1.29 is 9.47 Å². The van der Waals surface area contributed by atoms with Crippen molar-refractivity contribution in [3.63, 3.8) is 0 Å². The van der Waals surface area contributed by atoms with E-state index in [2.05, 4.69) is 48.7 Å². The van der Waals surface area contributed by atoms with Gasteiger partial charge in [0.15, 0.2) is 5.96 Å². The summed E-state index contributed by atoms with van der Waals surface area (Å²) >= 11 is 0. The third kappa shape index (κ3) is 5.80. The minimum absolute atomic E-state index is 0.143. The number of benzene rings is 1. The second-order valence-electron chi connectivity index (χ2n) is 6.24. The lowest BCUT2D eigenvalue weighted by molar-refractivity contribution is -0.0250. The Balaban J connectivity index is 2.00. The third-order valence-electron chi connectivity index (χ3n) is 4.28. The highest BCUT2D eigenvalue weighted by molar-refractivity contribution is 5.79. The van der Waals surface area contributed by atoms with E-state index >= 15 is 0 Å². The van der Waals surface area contributed by atoms with E-state index in [9.17, 15) is 0 Å². The molecule has 0 aromatic heterocycles. The molecule has 0 spiro atoms.